The number of benzene rings is 1. The zero-order valence-electron chi connectivity index (χ0n) is 13.3. The van der Waals surface area contributed by atoms with Gasteiger partial charge in [-0.25, -0.2) is 9.18 Å². The quantitative estimate of drug-likeness (QED) is 0.870. The molecule has 25 heavy (non-hydrogen) atoms. The summed E-state index contributed by atoms with van der Waals surface area (Å²) in [6.07, 6.45) is 2.07. The number of amides is 1. The molecule has 130 valence electrons. The number of nitrogens with two attached hydrogens (primary N) is 1. The predicted molar refractivity (Wildman–Crippen MR) is 85.4 cm³/mol. The number of aromatic nitrogens is 1. The first-order chi connectivity index (χ1) is 11.8. The second kappa shape index (κ2) is 4.81. The fourth-order valence-corrected chi connectivity index (χ4v) is 3.57. The van der Waals surface area contributed by atoms with Crippen molar-refractivity contribution in [1.82, 2.24) is 4.57 Å². The summed E-state index contributed by atoms with van der Waals surface area (Å²) in [6, 6.07) is 0.736. The molecule has 7 nitrogen and oxygen atoms in total. The number of halogens is 1. The summed E-state index contributed by atoms with van der Waals surface area (Å²) in [5.41, 5.74) is 3.50. The minimum Gasteiger partial charge on any atom is -0.489 e. The number of hydrogen-bond acceptors (Lipinski definition) is 4. The number of nitrogens with zero attached hydrogens (tertiary/aromatic N) is 1. The van der Waals surface area contributed by atoms with Crippen molar-refractivity contribution in [2.45, 2.75) is 31.2 Å². The van der Waals surface area contributed by atoms with Crippen molar-refractivity contribution in [3.8, 4) is 5.75 Å². The lowest BCUT2D eigenvalue weighted by molar-refractivity contribution is -0.120. The molecule has 1 saturated carbocycles. The number of carbonyl (C=O) groups excluding carboxylic acids is 1. The van der Waals surface area contributed by atoms with Gasteiger partial charge in [-0.15, -0.1) is 0 Å². The van der Waals surface area contributed by atoms with Crippen molar-refractivity contribution in [1.29, 1.82) is 0 Å². The van der Waals surface area contributed by atoms with Crippen LogP contribution in [0.15, 0.2) is 17.1 Å². The van der Waals surface area contributed by atoms with Gasteiger partial charge in [0.15, 0.2) is 5.75 Å². The highest BCUT2D eigenvalue weighted by atomic mass is 19.1. The summed E-state index contributed by atoms with van der Waals surface area (Å²) in [4.78, 5) is 35.7. The van der Waals surface area contributed by atoms with E-state index in [1.54, 1.807) is 11.5 Å². The highest BCUT2D eigenvalue weighted by Gasteiger charge is 2.54. The predicted octanol–water partition coefficient (Wildman–Crippen LogP) is 1.31. The van der Waals surface area contributed by atoms with Gasteiger partial charge in [-0.2, -0.15) is 0 Å². The molecule has 1 amide bonds. The van der Waals surface area contributed by atoms with Crippen molar-refractivity contribution in [3.63, 3.8) is 0 Å². The van der Waals surface area contributed by atoms with Gasteiger partial charge in [-0.1, -0.05) is 0 Å². The Morgan fingerprint density at radius 3 is 2.68 bits per heavy atom. The molecule has 0 bridgehead atoms. The molecular formula is C17H15FN2O5. The van der Waals surface area contributed by atoms with Crippen LogP contribution in [0, 0.1) is 5.82 Å². The van der Waals surface area contributed by atoms with E-state index in [0.717, 1.165) is 6.07 Å². The van der Waals surface area contributed by atoms with E-state index in [9.17, 15) is 23.9 Å². The first-order valence-electron chi connectivity index (χ1n) is 7.86. The Hall–Kier alpha value is -2.90. The molecule has 1 aliphatic carbocycles. The van der Waals surface area contributed by atoms with Crippen molar-refractivity contribution in [2.24, 2.45) is 5.73 Å². The molecule has 3 N–H and O–H groups in total. The van der Waals surface area contributed by atoms with E-state index in [4.69, 9.17) is 10.5 Å². The molecule has 4 rings (SSSR count). The fourth-order valence-electron chi connectivity index (χ4n) is 3.57. The van der Waals surface area contributed by atoms with Crippen LogP contribution in [0.2, 0.25) is 0 Å². The maximum absolute atomic E-state index is 14.8. The summed E-state index contributed by atoms with van der Waals surface area (Å²) in [5, 5.41) is 9.17. The van der Waals surface area contributed by atoms with Crippen molar-refractivity contribution in [2.75, 3.05) is 6.61 Å². The zero-order valence-corrected chi connectivity index (χ0v) is 13.3. The van der Waals surface area contributed by atoms with Crippen LogP contribution in [0.5, 0.6) is 5.75 Å². The Kier molecular flexibility index (Phi) is 3.00. The topological polar surface area (TPSA) is 112 Å². The van der Waals surface area contributed by atoms with Gasteiger partial charge < -0.3 is 20.1 Å². The SMILES string of the molecule is C[C@H]1COc2c(C3(C(N)=O)CC3)c(F)cc3c(=O)c(C(=O)O)cn1c23. The minimum absolute atomic E-state index is 0.0654. The van der Waals surface area contributed by atoms with Crippen LogP contribution < -0.4 is 15.9 Å². The smallest absolute Gasteiger partial charge is 0.341 e. The van der Waals surface area contributed by atoms with Gasteiger partial charge in [0.1, 0.15) is 18.0 Å². The van der Waals surface area contributed by atoms with Gasteiger partial charge in [0.25, 0.3) is 0 Å². The third-order valence-electron chi connectivity index (χ3n) is 5.10. The Balaban J connectivity index is 2.17. The number of hydrogen-bond donors (Lipinski definition) is 2. The van der Waals surface area contributed by atoms with Gasteiger partial charge >= 0.3 is 5.97 Å². The van der Waals surface area contributed by atoms with Crippen LogP contribution in [0.1, 0.15) is 41.7 Å². The highest BCUT2D eigenvalue weighted by Crippen LogP contribution is 2.54. The largest absolute Gasteiger partial charge is 0.489 e. The van der Waals surface area contributed by atoms with E-state index >= 15 is 0 Å². The zero-order chi connectivity index (χ0) is 18.1. The lowest BCUT2D eigenvalue weighted by Crippen LogP contribution is -2.33. The van der Waals surface area contributed by atoms with E-state index in [1.807, 2.05) is 0 Å². The molecule has 1 fully saturated rings. The van der Waals surface area contributed by atoms with Crippen LogP contribution in [-0.4, -0.2) is 28.2 Å². The molecule has 2 heterocycles. The molecule has 2 aromatic rings. The van der Waals surface area contributed by atoms with Crippen LogP contribution in [0.3, 0.4) is 0 Å². The molecule has 0 radical (unpaired) electrons. The number of carbonyl (C=O) groups is 2. The van der Waals surface area contributed by atoms with Crippen molar-refractivity contribution < 1.29 is 23.8 Å². The van der Waals surface area contributed by atoms with Crippen molar-refractivity contribution in [3.05, 3.63) is 39.4 Å². The maximum Gasteiger partial charge on any atom is 0.341 e. The molecule has 1 atom stereocenters. The normalized spacial score (nSPS) is 20.2. The number of pyridine rings is 1. The fraction of sp³-hybridized carbons (Fsp3) is 0.353. The Labute approximate surface area is 140 Å². The summed E-state index contributed by atoms with van der Waals surface area (Å²) in [6.45, 7) is 1.96. The van der Waals surface area contributed by atoms with E-state index in [2.05, 4.69) is 0 Å². The Morgan fingerprint density at radius 2 is 2.12 bits per heavy atom. The molecule has 8 heteroatoms. The van der Waals surface area contributed by atoms with Crippen LogP contribution >= 0.6 is 0 Å². The molecular weight excluding hydrogens is 331 g/mol. The number of aromatic carboxylic acids is 1. The third kappa shape index (κ3) is 1.93. The van der Waals surface area contributed by atoms with E-state index in [-0.39, 0.29) is 29.3 Å². The molecule has 1 aromatic carbocycles. The van der Waals surface area contributed by atoms with E-state index in [1.165, 1.54) is 6.20 Å². The molecule has 0 saturated heterocycles. The van der Waals surface area contributed by atoms with E-state index in [0.29, 0.717) is 18.4 Å². The summed E-state index contributed by atoms with van der Waals surface area (Å²) >= 11 is 0. The number of ether oxygens (including phenoxy) is 1. The van der Waals surface area contributed by atoms with E-state index < -0.39 is 34.1 Å². The van der Waals surface area contributed by atoms with Gasteiger partial charge in [0.05, 0.1) is 22.4 Å². The first kappa shape index (κ1) is 15.6. The number of carboxylic acids is 1. The number of carboxylic acid groups (broad SMARTS) is 1. The molecule has 2 aliphatic rings. The van der Waals surface area contributed by atoms with Crippen LogP contribution in [-0.2, 0) is 10.2 Å². The second-order valence-electron chi connectivity index (χ2n) is 6.65. The molecule has 1 aromatic heterocycles. The molecule has 0 spiro atoms. The van der Waals surface area contributed by atoms with Gasteiger partial charge in [-0.05, 0) is 25.8 Å². The van der Waals surface area contributed by atoms with Gasteiger partial charge in [-0.3, -0.25) is 9.59 Å². The van der Waals surface area contributed by atoms with Crippen LogP contribution in [0.4, 0.5) is 4.39 Å². The monoisotopic (exact) mass is 346 g/mol. The molecule has 1 aliphatic heterocycles. The molecule has 0 unspecified atom stereocenters. The summed E-state index contributed by atoms with van der Waals surface area (Å²) in [5.74, 6) is -2.69. The van der Waals surface area contributed by atoms with Gasteiger partial charge in [0.2, 0.25) is 11.3 Å². The van der Waals surface area contributed by atoms with Crippen molar-refractivity contribution >= 4 is 22.8 Å². The highest BCUT2D eigenvalue weighted by molar-refractivity contribution is 5.98. The number of rotatable bonds is 3. The standard InChI is InChI=1S/C17H15FN2O5/c1-7-6-25-14-11(17(2-3-17)16(19)24)10(18)4-8-12(14)20(7)5-9(13(8)21)15(22)23/h4-5,7H,2-3,6H2,1H3,(H2,19,24)(H,22,23)/t7-/m0/s1. The van der Waals surface area contributed by atoms with Crippen LogP contribution in [0.25, 0.3) is 10.9 Å². The second-order valence-corrected chi connectivity index (χ2v) is 6.65. The average Bonchev–Trinajstić information content (AvgIpc) is 3.33. The Morgan fingerprint density at radius 1 is 1.44 bits per heavy atom. The minimum atomic E-state index is -1.38. The average molecular weight is 346 g/mol. The summed E-state index contributed by atoms with van der Waals surface area (Å²) in [7, 11) is 0. The lowest BCUT2D eigenvalue weighted by atomic mass is 9.91. The first-order valence-corrected chi connectivity index (χ1v) is 7.86. The maximum atomic E-state index is 14.8. The third-order valence-corrected chi connectivity index (χ3v) is 5.10. The summed E-state index contributed by atoms with van der Waals surface area (Å²) < 4.78 is 22.1. The Bertz CT molecular complexity index is 1020. The lowest BCUT2D eigenvalue weighted by Gasteiger charge is -2.30. The number of primary amides is 1. The van der Waals surface area contributed by atoms with Gasteiger partial charge in [0, 0.05) is 11.8 Å².